The van der Waals surface area contributed by atoms with Crippen molar-refractivity contribution in [2.45, 2.75) is 92.0 Å². The number of hydrogen-bond donors (Lipinski definition) is 1. The zero-order chi connectivity index (χ0) is 14.3. The number of hydrogen-bond acceptors (Lipinski definition) is 1. The molecule has 0 bridgehead atoms. The van der Waals surface area contributed by atoms with E-state index in [-0.39, 0.29) is 0 Å². The van der Waals surface area contributed by atoms with E-state index in [4.69, 9.17) is 0 Å². The summed E-state index contributed by atoms with van der Waals surface area (Å²) in [6, 6.07) is 0.765. The second-order valence-electron chi connectivity index (χ2n) is 7.60. The van der Waals surface area contributed by atoms with Crippen molar-refractivity contribution in [1.82, 2.24) is 5.32 Å². The highest BCUT2D eigenvalue weighted by Gasteiger charge is 2.40. The maximum atomic E-state index is 3.84. The molecule has 1 atom stereocenters. The van der Waals surface area contributed by atoms with Crippen molar-refractivity contribution in [3.63, 3.8) is 0 Å². The van der Waals surface area contributed by atoms with Crippen molar-refractivity contribution >= 4 is 0 Å². The second kappa shape index (κ2) is 8.29. The van der Waals surface area contributed by atoms with E-state index in [1.54, 1.807) is 0 Å². The van der Waals surface area contributed by atoms with E-state index in [0.717, 1.165) is 24.4 Å². The predicted octanol–water partition coefficient (Wildman–Crippen LogP) is 5.40. The summed E-state index contributed by atoms with van der Waals surface area (Å²) in [6.45, 7) is 12.9. The van der Waals surface area contributed by atoms with Gasteiger partial charge >= 0.3 is 0 Å². The molecule has 1 saturated carbocycles. The molecule has 114 valence electrons. The summed E-state index contributed by atoms with van der Waals surface area (Å²) in [5.41, 5.74) is 0.612. The normalized spacial score (nSPS) is 20.4. The van der Waals surface area contributed by atoms with Crippen LogP contribution in [0, 0.1) is 17.3 Å². The fraction of sp³-hybridized carbons (Fsp3) is 1.00. The molecular formula is C18H37N. The lowest BCUT2D eigenvalue weighted by atomic mass is 9.71. The monoisotopic (exact) mass is 267 g/mol. The van der Waals surface area contributed by atoms with E-state index < -0.39 is 0 Å². The first-order valence-electron chi connectivity index (χ1n) is 8.73. The van der Waals surface area contributed by atoms with Gasteiger partial charge in [-0.1, -0.05) is 60.3 Å². The first kappa shape index (κ1) is 17.0. The third-order valence-corrected chi connectivity index (χ3v) is 4.88. The average molecular weight is 268 g/mol. The van der Waals surface area contributed by atoms with E-state index in [2.05, 4.69) is 39.9 Å². The summed E-state index contributed by atoms with van der Waals surface area (Å²) in [4.78, 5) is 0. The summed E-state index contributed by atoms with van der Waals surface area (Å²) in [7, 11) is 0. The van der Waals surface area contributed by atoms with E-state index in [1.807, 2.05) is 0 Å². The minimum Gasteiger partial charge on any atom is -0.314 e. The fourth-order valence-corrected chi connectivity index (χ4v) is 4.19. The molecule has 0 aromatic rings. The van der Waals surface area contributed by atoms with Crippen LogP contribution in [0.4, 0.5) is 0 Å². The van der Waals surface area contributed by atoms with Crippen LogP contribution in [0.1, 0.15) is 86.0 Å². The molecule has 0 radical (unpaired) electrons. The maximum Gasteiger partial charge on any atom is 0.0123 e. The molecule has 0 aliphatic heterocycles. The quantitative estimate of drug-likeness (QED) is 0.590. The highest BCUT2D eigenvalue weighted by atomic mass is 14.9. The Morgan fingerprint density at radius 2 is 1.58 bits per heavy atom. The molecular weight excluding hydrogens is 230 g/mol. The molecule has 1 fully saturated rings. The number of nitrogens with one attached hydrogen (secondary N) is 1. The molecule has 0 spiro atoms. The van der Waals surface area contributed by atoms with Crippen LogP contribution < -0.4 is 5.32 Å². The molecule has 1 aliphatic carbocycles. The third kappa shape index (κ3) is 5.45. The van der Waals surface area contributed by atoms with Gasteiger partial charge in [0.2, 0.25) is 0 Å². The molecule has 1 N–H and O–H groups in total. The SMILES string of the molecule is CCNC(CCCC(C)C)C1(CC(C)C)CCCC1. The Kier molecular flexibility index (Phi) is 7.42. The Balaban J connectivity index is 2.63. The van der Waals surface area contributed by atoms with Crippen LogP contribution in [-0.2, 0) is 0 Å². The van der Waals surface area contributed by atoms with Gasteiger partial charge in [-0.25, -0.2) is 0 Å². The van der Waals surface area contributed by atoms with Gasteiger partial charge in [0.25, 0.3) is 0 Å². The Morgan fingerprint density at radius 1 is 0.947 bits per heavy atom. The van der Waals surface area contributed by atoms with Crippen molar-refractivity contribution in [1.29, 1.82) is 0 Å². The van der Waals surface area contributed by atoms with Crippen molar-refractivity contribution in [3.8, 4) is 0 Å². The molecule has 1 unspecified atom stereocenters. The topological polar surface area (TPSA) is 12.0 Å². The van der Waals surface area contributed by atoms with Gasteiger partial charge in [0.15, 0.2) is 0 Å². The molecule has 1 nitrogen and oxygen atoms in total. The fourth-order valence-electron chi connectivity index (χ4n) is 4.19. The van der Waals surface area contributed by atoms with Crippen LogP contribution in [0.3, 0.4) is 0 Å². The molecule has 1 heteroatoms. The lowest BCUT2D eigenvalue weighted by molar-refractivity contribution is 0.145. The van der Waals surface area contributed by atoms with Crippen LogP contribution in [0.5, 0.6) is 0 Å². The molecule has 0 amide bonds. The first-order valence-corrected chi connectivity index (χ1v) is 8.73. The van der Waals surface area contributed by atoms with Gasteiger partial charge in [-0.2, -0.15) is 0 Å². The lowest BCUT2D eigenvalue weighted by Crippen LogP contribution is -2.44. The molecule has 0 aromatic carbocycles. The zero-order valence-electron chi connectivity index (χ0n) is 14.1. The molecule has 0 saturated heterocycles. The molecule has 1 aliphatic rings. The minimum absolute atomic E-state index is 0.612. The maximum absolute atomic E-state index is 3.84. The van der Waals surface area contributed by atoms with Gasteiger partial charge < -0.3 is 5.32 Å². The van der Waals surface area contributed by atoms with Gasteiger partial charge in [0.05, 0.1) is 0 Å². The molecule has 0 heterocycles. The van der Waals surface area contributed by atoms with Crippen LogP contribution >= 0.6 is 0 Å². The summed E-state index contributed by atoms with van der Waals surface area (Å²) in [5.74, 6) is 1.69. The summed E-state index contributed by atoms with van der Waals surface area (Å²) < 4.78 is 0. The Labute approximate surface area is 121 Å². The van der Waals surface area contributed by atoms with Crippen LogP contribution in [0.15, 0.2) is 0 Å². The van der Waals surface area contributed by atoms with Gasteiger partial charge in [-0.05, 0) is 49.5 Å². The largest absolute Gasteiger partial charge is 0.314 e. The van der Waals surface area contributed by atoms with Gasteiger partial charge in [0.1, 0.15) is 0 Å². The highest BCUT2D eigenvalue weighted by Crippen LogP contribution is 2.47. The van der Waals surface area contributed by atoms with E-state index in [9.17, 15) is 0 Å². The van der Waals surface area contributed by atoms with Crippen molar-refractivity contribution in [2.24, 2.45) is 17.3 Å². The lowest BCUT2D eigenvalue weighted by Gasteiger charge is -2.40. The van der Waals surface area contributed by atoms with Gasteiger partial charge in [0, 0.05) is 6.04 Å². The number of rotatable bonds is 9. The molecule has 0 aromatic heterocycles. The van der Waals surface area contributed by atoms with Crippen LogP contribution in [0.25, 0.3) is 0 Å². The zero-order valence-corrected chi connectivity index (χ0v) is 14.1. The van der Waals surface area contributed by atoms with Crippen molar-refractivity contribution in [3.05, 3.63) is 0 Å². The highest BCUT2D eigenvalue weighted by molar-refractivity contribution is 4.95. The predicted molar refractivity (Wildman–Crippen MR) is 86.5 cm³/mol. The third-order valence-electron chi connectivity index (χ3n) is 4.88. The van der Waals surface area contributed by atoms with E-state index >= 15 is 0 Å². The Bertz CT molecular complexity index is 226. The van der Waals surface area contributed by atoms with Crippen molar-refractivity contribution in [2.75, 3.05) is 6.54 Å². The Morgan fingerprint density at radius 3 is 2.05 bits per heavy atom. The minimum atomic E-state index is 0.612. The second-order valence-corrected chi connectivity index (χ2v) is 7.60. The molecule has 1 rings (SSSR count). The summed E-state index contributed by atoms with van der Waals surface area (Å²) >= 11 is 0. The Hall–Kier alpha value is -0.0400. The summed E-state index contributed by atoms with van der Waals surface area (Å²) in [6.07, 6.45) is 11.4. The van der Waals surface area contributed by atoms with Gasteiger partial charge in [-0.15, -0.1) is 0 Å². The summed E-state index contributed by atoms with van der Waals surface area (Å²) in [5, 5.41) is 3.84. The average Bonchev–Trinajstić information content (AvgIpc) is 2.76. The van der Waals surface area contributed by atoms with Crippen LogP contribution in [0.2, 0.25) is 0 Å². The van der Waals surface area contributed by atoms with Gasteiger partial charge in [-0.3, -0.25) is 0 Å². The van der Waals surface area contributed by atoms with Crippen molar-refractivity contribution < 1.29 is 0 Å². The van der Waals surface area contributed by atoms with Crippen LogP contribution in [-0.4, -0.2) is 12.6 Å². The smallest absolute Gasteiger partial charge is 0.0123 e. The van der Waals surface area contributed by atoms with E-state index in [1.165, 1.54) is 51.4 Å². The van der Waals surface area contributed by atoms with E-state index in [0.29, 0.717) is 5.41 Å². The molecule has 19 heavy (non-hydrogen) atoms. The first-order chi connectivity index (χ1) is 9.00. The standard InChI is InChI=1S/C18H37N/c1-6-19-17(11-9-10-15(2)3)18(14-16(4)5)12-7-8-13-18/h15-17,19H,6-14H2,1-5H3.